The molecule has 0 aliphatic rings. The first-order valence-electron chi connectivity index (χ1n) is 15.2. The summed E-state index contributed by atoms with van der Waals surface area (Å²) in [5.41, 5.74) is -31.9. The molecule has 0 radical (unpaired) electrons. The molecule has 0 saturated carbocycles. The normalized spacial score (nSPS) is 17.1. The van der Waals surface area contributed by atoms with Gasteiger partial charge in [0.25, 0.3) is 11.2 Å². The monoisotopic (exact) mass is 871 g/mol. The van der Waals surface area contributed by atoms with Crippen molar-refractivity contribution in [3.63, 3.8) is 0 Å². The van der Waals surface area contributed by atoms with Crippen LogP contribution in [0.15, 0.2) is 30.3 Å². The van der Waals surface area contributed by atoms with E-state index in [9.17, 15) is 108 Å². The number of benzene rings is 2. The molecule has 25 heteroatoms. The van der Waals surface area contributed by atoms with Crippen molar-refractivity contribution in [2.24, 2.45) is 0 Å². The molecule has 0 amide bonds. The Morgan fingerprint density at radius 2 is 0.965 bits per heavy atom. The molecule has 0 aliphatic heterocycles. The van der Waals surface area contributed by atoms with Gasteiger partial charge in [0.05, 0.1) is 0 Å². The standard InChI is InChI=1S/C32H29F20NO4/c1-13-5-15(16(9-25(56,29(41,42)43)30(44,45)46)10-26(57,31(47,48)49)32(50,51)52)7-18(23(54,11-33)27(35,36)37)20(13)22(3,4)17-6-14(2)21(53)19(8-17)24(55,12-34)28(38,39)40/h5-9,54-57H,10-12,53H2,1-4H3/b16-9+. The van der Waals surface area contributed by atoms with E-state index >= 15 is 0 Å². The molecule has 2 aromatic carbocycles. The SMILES string of the molecule is Cc1cc(C(C)(C)c2c(C)cc(/C(=C/C(O)(C(F)(F)F)C(F)(F)F)CC(O)(C(F)(F)F)C(F)(F)F)cc2C(O)(CF)C(F)(F)F)cc(C(O)(CF)C(F)(F)F)c1N. The third-order valence-corrected chi connectivity index (χ3v) is 9.29. The zero-order chi connectivity index (χ0) is 45.4. The Morgan fingerprint density at radius 3 is 1.32 bits per heavy atom. The molecule has 57 heavy (non-hydrogen) atoms. The molecule has 0 bridgehead atoms. The molecule has 0 saturated heterocycles. The largest absolute Gasteiger partial charge is 0.430 e. The first kappa shape index (κ1) is 49.6. The lowest BCUT2D eigenvalue weighted by molar-refractivity contribution is -0.366. The molecule has 5 nitrogen and oxygen atoms in total. The van der Waals surface area contributed by atoms with E-state index in [4.69, 9.17) is 5.73 Å². The molecule has 0 aliphatic carbocycles. The Kier molecular flexibility index (Phi) is 12.7. The van der Waals surface area contributed by atoms with E-state index < -0.39 is 147 Å². The van der Waals surface area contributed by atoms with Gasteiger partial charge < -0.3 is 26.2 Å². The second-order valence-corrected chi connectivity index (χ2v) is 13.5. The molecule has 0 spiro atoms. The van der Waals surface area contributed by atoms with E-state index in [1.165, 1.54) is 0 Å². The molecular weight excluding hydrogens is 842 g/mol. The van der Waals surface area contributed by atoms with E-state index in [0.717, 1.165) is 26.8 Å². The van der Waals surface area contributed by atoms with Crippen LogP contribution in [0, 0.1) is 13.8 Å². The van der Waals surface area contributed by atoms with Crippen molar-refractivity contribution in [3.05, 3.63) is 69.3 Å². The lowest BCUT2D eigenvalue weighted by atomic mass is 9.69. The van der Waals surface area contributed by atoms with Crippen LogP contribution in [0.2, 0.25) is 0 Å². The summed E-state index contributed by atoms with van der Waals surface area (Å²) >= 11 is 0. The highest BCUT2D eigenvalue weighted by atomic mass is 19.4. The van der Waals surface area contributed by atoms with Gasteiger partial charge in [-0.3, -0.25) is 0 Å². The summed E-state index contributed by atoms with van der Waals surface area (Å²) in [4.78, 5) is 0. The molecule has 0 fully saturated rings. The highest BCUT2D eigenvalue weighted by molar-refractivity contribution is 5.72. The Labute approximate surface area is 307 Å². The maximum atomic E-state index is 14.5. The van der Waals surface area contributed by atoms with E-state index in [0.29, 0.717) is 6.92 Å². The molecule has 2 rings (SSSR count). The number of hydrogen-bond donors (Lipinski definition) is 5. The lowest BCUT2D eigenvalue weighted by Crippen LogP contribution is -2.58. The third kappa shape index (κ3) is 8.34. The Hall–Kier alpha value is -3.58. The molecule has 6 N–H and O–H groups in total. The van der Waals surface area contributed by atoms with Gasteiger partial charge in [-0.1, -0.05) is 26.0 Å². The summed E-state index contributed by atoms with van der Waals surface area (Å²) in [5.74, 6) is 0. The summed E-state index contributed by atoms with van der Waals surface area (Å²) in [7, 11) is 0. The molecule has 2 unspecified atom stereocenters. The Morgan fingerprint density at radius 1 is 0.561 bits per heavy atom. The molecule has 326 valence electrons. The first-order valence-corrected chi connectivity index (χ1v) is 15.2. The van der Waals surface area contributed by atoms with Crippen LogP contribution in [0.25, 0.3) is 5.57 Å². The second-order valence-electron chi connectivity index (χ2n) is 13.5. The Balaban J connectivity index is 3.42. The summed E-state index contributed by atoms with van der Waals surface area (Å²) in [6, 6.07) is 0.528. The minimum atomic E-state index is -7.08. The van der Waals surface area contributed by atoms with Crippen LogP contribution in [0.5, 0.6) is 0 Å². The predicted molar refractivity (Wildman–Crippen MR) is 157 cm³/mol. The number of aryl methyl sites for hydroxylation is 2. The van der Waals surface area contributed by atoms with Gasteiger partial charge >= 0.3 is 37.1 Å². The first-order chi connectivity index (χ1) is 25.0. The molecule has 2 aromatic rings. The average molecular weight is 872 g/mol. The lowest BCUT2D eigenvalue weighted by Gasteiger charge is -2.39. The smallest absolute Gasteiger partial charge is 0.398 e. The summed E-state index contributed by atoms with van der Waals surface area (Å²) in [6.07, 6.45) is -45.7. The molecule has 0 heterocycles. The third-order valence-electron chi connectivity index (χ3n) is 9.29. The molecular formula is C32H29F20NO4. The number of nitrogens with two attached hydrogens (primary N) is 1. The van der Waals surface area contributed by atoms with Gasteiger partial charge in [0.2, 0.25) is 11.2 Å². The number of hydrogen-bond acceptors (Lipinski definition) is 5. The van der Waals surface area contributed by atoms with Crippen molar-refractivity contribution in [2.75, 3.05) is 19.1 Å². The van der Waals surface area contributed by atoms with Gasteiger partial charge in [-0.15, -0.1) is 0 Å². The fourth-order valence-electron chi connectivity index (χ4n) is 5.82. The Bertz CT molecular complexity index is 1810. The highest BCUT2D eigenvalue weighted by Crippen LogP contribution is 2.54. The summed E-state index contributed by atoms with van der Waals surface area (Å²) in [6.45, 7) is -2.79. The van der Waals surface area contributed by atoms with Crippen LogP contribution < -0.4 is 5.73 Å². The van der Waals surface area contributed by atoms with Gasteiger partial charge in [-0.05, 0) is 65.4 Å². The summed E-state index contributed by atoms with van der Waals surface area (Å²) in [5, 5.41) is 40.6. The van der Waals surface area contributed by atoms with Crippen LogP contribution in [-0.2, 0) is 16.6 Å². The van der Waals surface area contributed by atoms with Crippen molar-refractivity contribution >= 4 is 11.3 Å². The number of aliphatic hydroxyl groups is 4. The van der Waals surface area contributed by atoms with Crippen LogP contribution in [0.3, 0.4) is 0 Å². The van der Waals surface area contributed by atoms with Crippen molar-refractivity contribution in [2.45, 2.75) is 99.0 Å². The number of alkyl halides is 20. The number of rotatable bonds is 10. The van der Waals surface area contributed by atoms with Crippen LogP contribution >= 0.6 is 0 Å². The second kappa shape index (κ2) is 14.6. The minimum Gasteiger partial charge on any atom is -0.398 e. The van der Waals surface area contributed by atoms with Crippen LogP contribution in [0.1, 0.15) is 59.2 Å². The van der Waals surface area contributed by atoms with Gasteiger partial charge in [0.15, 0.2) is 0 Å². The topological polar surface area (TPSA) is 107 Å². The van der Waals surface area contributed by atoms with Crippen LogP contribution in [-0.4, -0.2) is 82.0 Å². The fourth-order valence-corrected chi connectivity index (χ4v) is 5.82. The van der Waals surface area contributed by atoms with E-state index in [-0.39, 0.29) is 12.1 Å². The van der Waals surface area contributed by atoms with Crippen molar-refractivity contribution in [1.29, 1.82) is 0 Å². The van der Waals surface area contributed by atoms with Crippen molar-refractivity contribution in [3.8, 4) is 0 Å². The van der Waals surface area contributed by atoms with Crippen molar-refractivity contribution in [1.82, 2.24) is 0 Å². The fraction of sp³-hybridized carbons (Fsp3) is 0.562. The maximum Gasteiger partial charge on any atom is 0.430 e. The average Bonchev–Trinajstić information content (AvgIpc) is 3.00. The van der Waals surface area contributed by atoms with Gasteiger partial charge in [-0.2, -0.15) is 79.0 Å². The highest BCUT2D eigenvalue weighted by Gasteiger charge is 2.72. The van der Waals surface area contributed by atoms with E-state index in [1.54, 1.807) is 0 Å². The number of anilines is 1. The van der Waals surface area contributed by atoms with Gasteiger partial charge in [-0.25, -0.2) is 8.78 Å². The predicted octanol–water partition coefficient (Wildman–Crippen LogP) is 9.14. The maximum absolute atomic E-state index is 14.5. The van der Waals surface area contributed by atoms with E-state index in [2.05, 4.69) is 0 Å². The zero-order valence-electron chi connectivity index (χ0n) is 28.9. The van der Waals surface area contributed by atoms with E-state index in [1.807, 2.05) is 0 Å². The minimum absolute atomic E-state index is 0.000462. The summed E-state index contributed by atoms with van der Waals surface area (Å²) < 4.78 is 279. The molecule has 2 atom stereocenters. The zero-order valence-corrected chi connectivity index (χ0v) is 28.9. The van der Waals surface area contributed by atoms with Crippen LogP contribution in [0.4, 0.5) is 93.5 Å². The number of halogens is 20. The number of nitrogen functional groups attached to an aromatic ring is 1. The van der Waals surface area contributed by atoms with Gasteiger partial charge in [0, 0.05) is 28.7 Å². The quantitative estimate of drug-likeness (QED) is 0.121. The van der Waals surface area contributed by atoms with Crippen molar-refractivity contribution < 1.29 is 108 Å². The van der Waals surface area contributed by atoms with Gasteiger partial charge in [0.1, 0.15) is 13.3 Å². The molecule has 0 aromatic heterocycles.